The molecular weight excluding hydrogens is 312 g/mol. The molecule has 0 spiro atoms. The fraction of sp³-hybridized carbons (Fsp3) is 0.667. The molecular formula is C12H22N4O7. The second-order valence-corrected chi connectivity index (χ2v) is 4.80. The van der Waals surface area contributed by atoms with E-state index in [-0.39, 0.29) is 6.54 Å². The molecule has 4 atom stereocenters. The van der Waals surface area contributed by atoms with E-state index >= 15 is 0 Å². The van der Waals surface area contributed by atoms with Gasteiger partial charge in [-0.05, 0) is 13.8 Å². The molecule has 0 radical (unpaired) electrons. The third-order valence-electron chi connectivity index (χ3n) is 2.82. The molecule has 0 unspecified atom stereocenters. The summed E-state index contributed by atoms with van der Waals surface area (Å²) in [6.07, 6.45) is -1.34. The molecule has 0 aromatic carbocycles. The van der Waals surface area contributed by atoms with E-state index in [0.717, 1.165) is 0 Å². The summed E-state index contributed by atoms with van der Waals surface area (Å²) in [4.78, 5) is 45.6. The quantitative estimate of drug-likeness (QED) is 0.221. The van der Waals surface area contributed by atoms with Gasteiger partial charge in [-0.25, -0.2) is 4.79 Å². The molecule has 11 nitrogen and oxygen atoms in total. The van der Waals surface area contributed by atoms with Crippen LogP contribution in [0, 0.1) is 0 Å². The van der Waals surface area contributed by atoms with E-state index in [2.05, 4.69) is 16.0 Å². The molecule has 0 rings (SSSR count). The van der Waals surface area contributed by atoms with E-state index in [0.29, 0.717) is 0 Å². The first kappa shape index (κ1) is 20.8. The second kappa shape index (κ2) is 9.71. The number of nitrogens with two attached hydrogens (primary N) is 1. The van der Waals surface area contributed by atoms with Crippen LogP contribution in [-0.4, -0.2) is 76.4 Å². The summed E-state index contributed by atoms with van der Waals surface area (Å²) in [5.41, 5.74) is 5.07. The van der Waals surface area contributed by atoms with Crippen LogP contribution >= 0.6 is 0 Å². The molecule has 0 heterocycles. The molecule has 11 heteroatoms. The lowest BCUT2D eigenvalue weighted by Crippen LogP contribution is -2.57. The van der Waals surface area contributed by atoms with Crippen molar-refractivity contribution < 1.29 is 34.5 Å². The fourth-order valence-corrected chi connectivity index (χ4v) is 1.49. The number of aliphatic hydroxyl groups is 2. The van der Waals surface area contributed by atoms with Crippen molar-refractivity contribution in [1.82, 2.24) is 16.0 Å². The normalized spacial score (nSPS) is 15.7. The van der Waals surface area contributed by atoms with Gasteiger partial charge >= 0.3 is 5.97 Å². The van der Waals surface area contributed by atoms with E-state index in [1.165, 1.54) is 13.8 Å². The van der Waals surface area contributed by atoms with Crippen LogP contribution in [0.2, 0.25) is 0 Å². The van der Waals surface area contributed by atoms with Crippen molar-refractivity contribution in [2.75, 3.05) is 13.2 Å². The van der Waals surface area contributed by atoms with Crippen LogP contribution in [0.5, 0.6) is 0 Å². The maximum absolute atomic E-state index is 11.8. The third kappa shape index (κ3) is 7.04. The van der Waals surface area contributed by atoms with Gasteiger partial charge in [0.25, 0.3) is 0 Å². The predicted octanol–water partition coefficient (Wildman–Crippen LogP) is -4.12. The zero-order valence-corrected chi connectivity index (χ0v) is 12.8. The Kier molecular flexibility index (Phi) is 8.77. The van der Waals surface area contributed by atoms with Crippen molar-refractivity contribution in [3.05, 3.63) is 0 Å². The molecule has 0 saturated carbocycles. The van der Waals surface area contributed by atoms with Crippen LogP contribution in [-0.2, 0) is 19.2 Å². The van der Waals surface area contributed by atoms with Gasteiger partial charge in [0.05, 0.1) is 19.3 Å². The molecule has 132 valence electrons. The number of aliphatic hydroxyl groups excluding tert-OH is 2. The number of carboxylic acids is 1. The zero-order valence-electron chi connectivity index (χ0n) is 12.8. The van der Waals surface area contributed by atoms with E-state index in [4.69, 9.17) is 15.9 Å². The minimum Gasteiger partial charge on any atom is -0.480 e. The monoisotopic (exact) mass is 334 g/mol. The highest BCUT2D eigenvalue weighted by Gasteiger charge is 2.29. The molecule has 0 fully saturated rings. The first-order valence-electron chi connectivity index (χ1n) is 6.75. The average molecular weight is 334 g/mol. The first-order valence-corrected chi connectivity index (χ1v) is 6.75. The summed E-state index contributed by atoms with van der Waals surface area (Å²) >= 11 is 0. The number of carbonyl (C=O) groups excluding carboxylic acids is 3. The zero-order chi connectivity index (χ0) is 18.2. The molecule has 0 saturated heterocycles. The summed E-state index contributed by atoms with van der Waals surface area (Å²) in [5.74, 6) is -3.80. The minimum absolute atomic E-state index is 0.380. The van der Waals surface area contributed by atoms with E-state index in [1.807, 2.05) is 0 Å². The lowest BCUT2D eigenvalue weighted by molar-refractivity contribution is -0.145. The van der Waals surface area contributed by atoms with Gasteiger partial charge in [-0.2, -0.15) is 0 Å². The highest BCUT2D eigenvalue weighted by Crippen LogP contribution is 1.95. The van der Waals surface area contributed by atoms with Gasteiger partial charge in [0, 0.05) is 0 Å². The van der Waals surface area contributed by atoms with Crippen LogP contribution in [0.25, 0.3) is 0 Å². The predicted molar refractivity (Wildman–Crippen MR) is 76.9 cm³/mol. The second-order valence-electron chi connectivity index (χ2n) is 4.80. The van der Waals surface area contributed by atoms with Crippen LogP contribution in [0.15, 0.2) is 0 Å². The first-order chi connectivity index (χ1) is 10.6. The van der Waals surface area contributed by atoms with Gasteiger partial charge < -0.3 is 37.0 Å². The Morgan fingerprint density at radius 3 is 2.00 bits per heavy atom. The standard InChI is InChI=1S/C12H22N4O7/c1-5(10(20)16-9(6(2)18)12(22)23)14-11(21)7(4-17)15-8(19)3-13/h5-7,9,17-18H,3-4,13H2,1-2H3,(H,14,21)(H,15,19)(H,16,20)(H,22,23)/t5-,6+,7-,9-/m0/s1. The molecule has 8 N–H and O–H groups in total. The number of hydrogen-bond donors (Lipinski definition) is 7. The Bertz CT molecular complexity index is 455. The number of carboxylic acid groups (broad SMARTS) is 1. The molecule has 0 aliphatic heterocycles. The maximum Gasteiger partial charge on any atom is 0.328 e. The van der Waals surface area contributed by atoms with Crippen molar-refractivity contribution >= 4 is 23.7 Å². The number of carbonyl (C=O) groups is 4. The summed E-state index contributed by atoms with van der Waals surface area (Å²) in [7, 11) is 0. The lowest BCUT2D eigenvalue weighted by Gasteiger charge is -2.22. The van der Waals surface area contributed by atoms with Crippen LogP contribution in [0.4, 0.5) is 0 Å². The Morgan fingerprint density at radius 2 is 1.61 bits per heavy atom. The van der Waals surface area contributed by atoms with Gasteiger partial charge in [-0.15, -0.1) is 0 Å². The Labute approximate surface area is 132 Å². The summed E-state index contributed by atoms with van der Waals surface area (Å²) in [6.45, 7) is 1.37. The topological polar surface area (TPSA) is 191 Å². The smallest absolute Gasteiger partial charge is 0.328 e. The van der Waals surface area contributed by atoms with Gasteiger partial charge in [0.2, 0.25) is 17.7 Å². The van der Waals surface area contributed by atoms with Gasteiger partial charge in [0.15, 0.2) is 6.04 Å². The number of amides is 3. The van der Waals surface area contributed by atoms with Crippen LogP contribution < -0.4 is 21.7 Å². The molecule has 0 aliphatic carbocycles. The highest BCUT2D eigenvalue weighted by atomic mass is 16.4. The lowest BCUT2D eigenvalue weighted by atomic mass is 10.1. The average Bonchev–Trinajstić information content (AvgIpc) is 2.48. The Morgan fingerprint density at radius 1 is 1.04 bits per heavy atom. The molecule has 23 heavy (non-hydrogen) atoms. The largest absolute Gasteiger partial charge is 0.480 e. The minimum atomic E-state index is -1.53. The molecule has 0 bridgehead atoms. The van der Waals surface area contributed by atoms with Gasteiger partial charge in [0.1, 0.15) is 12.1 Å². The van der Waals surface area contributed by atoms with Crippen LogP contribution in [0.1, 0.15) is 13.8 Å². The highest BCUT2D eigenvalue weighted by molar-refractivity contribution is 5.93. The summed E-state index contributed by atoms with van der Waals surface area (Å²) in [6, 6.07) is -3.99. The van der Waals surface area contributed by atoms with Crippen molar-refractivity contribution in [1.29, 1.82) is 0 Å². The van der Waals surface area contributed by atoms with Crippen molar-refractivity contribution in [2.24, 2.45) is 5.73 Å². The number of hydrogen-bond acceptors (Lipinski definition) is 7. The van der Waals surface area contributed by atoms with E-state index in [9.17, 15) is 24.3 Å². The summed E-state index contributed by atoms with van der Waals surface area (Å²) < 4.78 is 0. The Balaban J connectivity index is 4.68. The number of nitrogens with one attached hydrogen (secondary N) is 3. The summed E-state index contributed by atoms with van der Waals surface area (Å²) in [5, 5.41) is 33.6. The van der Waals surface area contributed by atoms with Gasteiger partial charge in [-0.3, -0.25) is 14.4 Å². The number of rotatable bonds is 9. The van der Waals surface area contributed by atoms with Gasteiger partial charge in [-0.1, -0.05) is 0 Å². The third-order valence-corrected chi connectivity index (χ3v) is 2.82. The number of aliphatic carboxylic acids is 1. The fourth-order valence-electron chi connectivity index (χ4n) is 1.49. The molecule has 0 aliphatic rings. The molecule has 0 aromatic rings. The molecule has 0 aromatic heterocycles. The Hall–Kier alpha value is -2.24. The molecule has 3 amide bonds. The van der Waals surface area contributed by atoms with E-state index in [1.54, 1.807) is 0 Å². The SMILES string of the molecule is C[C@H](NC(=O)[C@H](CO)NC(=O)CN)C(=O)N[C@H](C(=O)O)[C@@H](C)O. The van der Waals surface area contributed by atoms with E-state index < -0.39 is 54.5 Å². The van der Waals surface area contributed by atoms with Crippen molar-refractivity contribution in [3.8, 4) is 0 Å². The van der Waals surface area contributed by atoms with Crippen molar-refractivity contribution in [3.63, 3.8) is 0 Å². The van der Waals surface area contributed by atoms with Crippen molar-refractivity contribution in [2.45, 2.75) is 38.1 Å². The van der Waals surface area contributed by atoms with Crippen LogP contribution in [0.3, 0.4) is 0 Å². The maximum atomic E-state index is 11.8.